The predicted molar refractivity (Wildman–Crippen MR) is 127 cm³/mol. The minimum absolute atomic E-state index is 0.0785. The van der Waals surface area contributed by atoms with Crippen LogP contribution in [0.5, 0.6) is 0 Å². The first-order valence-corrected chi connectivity index (χ1v) is 11.7. The highest BCUT2D eigenvalue weighted by Gasteiger charge is 2.23. The SMILES string of the molecule is COCCN(CC(=O)N(Cc1ccc(F)cc1)Cc1cccs1)C(=O)c1ccc(Br)cc1. The Balaban J connectivity index is 1.78. The zero-order valence-corrected chi connectivity index (χ0v) is 20.1. The first-order valence-electron chi connectivity index (χ1n) is 10.0. The van der Waals surface area contributed by atoms with E-state index in [1.807, 2.05) is 17.5 Å². The summed E-state index contributed by atoms with van der Waals surface area (Å²) < 4.78 is 19.3. The number of rotatable bonds is 10. The number of methoxy groups -OCH3 is 1. The van der Waals surface area contributed by atoms with Crippen LogP contribution in [-0.4, -0.2) is 48.4 Å². The lowest BCUT2D eigenvalue weighted by molar-refractivity contribution is -0.133. The molecule has 1 aromatic heterocycles. The van der Waals surface area contributed by atoms with Crippen LogP contribution in [0.15, 0.2) is 70.5 Å². The highest BCUT2D eigenvalue weighted by molar-refractivity contribution is 9.10. The Bertz CT molecular complexity index is 1010. The molecule has 0 saturated heterocycles. The van der Waals surface area contributed by atoms with Crippen molar-refractivity contribution in [1.82, 2.24) is 9.80 Å². The molecule has 8 heteroatoms. The molecule has 0 atom stereocenters. The summed E-state index contributed by atoms with van der Waals surface area (Å²) in [7, 11) is 1.56. The maximum Gasteiger partial charge on any atom is 0.254 e. The molecule has 0 aliphatic heterocycles. The van der Waals surface area contributed by atoms with Crippen molar-refractivity contribution < 1.29 is 18.7 Å². The van der Waals surface area contributed by atoms with E-state index in [0.29, 0.717) is 31.8 Å². The van der Waals surface area contributed by atoms with Gasteiger partial charge in [-0.15, -0.1) is 11.3 Å². The lowest BCUT2D eigenvalue weighted by Crippen LogP contribution is -2.43. The van der Waals surface area contributed by atoms with Crippen molar-refractivity contribution in [2.75, 3.05) is 26.8 Å². The molecule has 3 rings (SSSR count). The van der Waals surface area contributed by atoms with Crippen molar-refractivity contribution in [3.63, 3.8) is 0 Å². The van der Waals surface area contributed by atoms with Gasteiger partial charge in [0.1, 0.15) is 12.4 Å². The average molecular weight is 519 g/mol. The van der Waals surface area contributed by atoms with E-state index < -0.39 is 0 Å². The summed E-state index contributed by atoms with van der Waals surface area (Å²) in [4.78, 5) is 30.6. The number of nitrogens with zero attached hydrogens (tertiary/aromatic N) is 2. The van der Waals surface area contributed by atoms with E-state index in [9.17, 15) is 14.0 Å². The van der Waals surface area contributed by atoms with Gasteiger partial charge in [-0.25, -0.2) is 4.39 Å². The second kappa shape index (κ2) is 11.9. The molecule has 0 aliphatic carbocycles. The Morgan fingerprint density at radius 3 is 2.34 bits per heavy atom. The molecule has 2 amide bonds. The van der Waals surface area contributed by atoms with E-state index in [4.69, 9.17) is 4.74 Å². The molecular formula is C24H24BrFN2O3S. The van der Waals surface area contributed by atoms with Gasteiger partial charge in [-0.05, 0) is 53.4 Å². The van der Waals surface area contributed by atoms with Gasteiger partial charge in [-0.2, -0.15) is 0 Å². The largest absolute Gasteiger partial charge is 0.383 e. The zero-order chi connectivity index (χ0) is 22.9. The third-order valence-electron chi connectivity index (χ3n) is 4.84. The monoisotopic (exact) mass is 518 g/mol. The first kappa shape index (κ1) is 24.1. The van der Waals surface area contributed by atoms with Gasteiger partial charge in [0.25, 0.3) is 5.91 Å². The Morgan fingerprint density at radius 1 is 1.00 bits per heavy atom. The summed E-state index contributed by atoms with van der Waals surface area (Å²) >= 11 is 4.93. The zero-order valence-electron chi connectivity index (χ0n) is 17.7. The third-order valence-corrected chi connectivity index (χ3v) is 6.23. The molecule has 0 bridgehead atoms. The number of halogens is 2. The number of carbonyl (C=O) groups is 2. The first-order chi connectivity index (χ1) is 15.5. The summed E-state index contributed by atoms with van der Waals surface area (Å²) in [5.74, 6) is -0.749. The fourth-order valence-electron chi connectivity index (χ4n) is 3.13. The third kappa shape index (κ3) is 6.98. The Hall–Kier alpha value is -2.55. The second-order valence-corrected chi connectivity index (χ2v) is 9.13. The molecule has 0 aliphatic rings. The van der Waals surface area contributed by atoms with Gasteiger partial charge >= 0.3 is 0 Å². The molecule has 0 radical (unpaired) electrons. The molecule has 0 saturated carbocycles. The minimum atomic E-state index is -0.323. The molecule has 0 unspecified atom stereocenters. The number of amides is 2. The van der Waals surface area contributed by atoms with Crippen LogP contribution in [0.2, 0.25) is 0 Å². The minimum Gasteiger partial charge on any atom is -0.383 e. The van der Waals surface area contributed by atoms with Crippen LogP contribution in [0.4, 0.5) is 4.39 Å². The average Bonchev–Trinajstić information content (AvgIpc) is 3.30. The summed E-state index contributed by atoms with van der Waals surface area (Å²) in [6.07, 6.45) is 0. The predicted octanol–water partition coefficient (Wildman–Crippen LogP) is 4.97. The fraction of sp³-hybridized carbons (Fsp3) is 0.250. The van der Waals surface area contributed by atoms with Crippen molar-refractivity contribution in [3.05, 3.63) is 92.3 Å². The van der Waals surface area contributed by atoms with Gasteiger partial charge < -0.3 is 14.5 Å². The van der Waals surface area contributed by atoms with Gasteiger partial charge in [0.05, 0.1) is 13.2 Å². The molecule has 168 valence electrons. The number of benzene rings is 2. The maximum absolute atomic E-state index is 13.3. The number of ether oxygens (including phenoxy) is 1. The summed E-state index contributed by atoms with van der Waals surface area (Å²) in [5, 5.41) is 1.96. The molecule has 0 N–H and O–H groups in total. The maximum atomic E-state index is 13.3. The molecule has 32 heavy (non-hydrogen) atoms. The van der Waals surface area contributed by atoms with Crippen LogP contribution in [-0.2, 0) is 22.6 Å². The normalized spacial score (nSPS) is 10.7. The molecule has 3 aromatic rings. The Labute approximate surface area is 199 Å². The van der Waals surface area contributed by atoms with Gasteiger partial charge in [0.2, 0.25) is 5.91 Å². The molecule has 0 fully saturated rings. The van der Waals surface area contributed by atoms with Gasteiger partial charge in [0.15, 0.2) is 0 Å². The number of hydrogen-bond donors (Lipinski definition) is 0. The smallest absolute Gasteiger partial charge is 0.254 e. The van der Waals surface area contributed by atoms with Crippen molar-refractivity contribution in [3.8, 4) is 0 Å². The van der Waals surface area contributed by atoms with E-state index in [1.165, 1.54) is 17.0 Å². The molecule has 5 nitrogen and oxygen atoms in total. The van der Waals surface area contributed by atoms with Crippen LogP contribution in [0.3, 0.4) is 0 Å². The molecular weight excluding hydrogens is 495 g/mol. The van der Waals surface area contributed by atoms with Crippen LogP contribution in [0.1, 0.15) is 20.8 Å². The van der Waals surface area contributed by atoms with Crippen molar-refractivity contribution in [2.45, 2.75) is 13.1 Å². The number of carbonyl (C=O) groups excluding carboxylic acids is 2. The number of hydrogen-bond acceptors (Lipinski definition) is 4. The van der Waals surface area contributed by atoms with E-state index in [1.54, 1.807) is 59.7 Å². The lowest BCUT2D eigenvalue weighted by atomic mass is 10.2. The molecule has 0 spiro atoms. The Morgan fingerprint density at radius 2 is 1.72 bits per heavy atom. The van der Waals surface area contributed by atoms with Crippen LogP contribution < -0.4 is 0 Å². The molecule has 1 heterocycles. The summed E-state index contributed by atoms with van der Waals surface area (Å²) in [6, 6.07) is 17.0. The van der Waals surface area contributed by atoms with Gasteiger partial charge in [-0.3, -0.25) is 9.59 Å². The summed E-state index contributed by atoms with van der Waals surface area (Å²) in [5.41, 5.74) is 1.32. The second-order valence-electron chi connectivity index (χ2n) is 7.18. The Kier molecular flexibility index (Phi) is 8.96. The van der Waals surface area contributed by atoms with Crippen molar-refractivity contribution >= 4 is 39.1 Å². The highest BCUT2D eigenvalue weighted by Crippen LogP contribution is 2.17. The fourth-order valence-corrected chi connectivity index (χ4v) is 4.11. The lowest BCUT2D eigenvalue weighted by Gasteiger charge is -2.27. The van der Waals surface area contributed by atoms with E-state index in [2.05, 4.69) is 15.9 Å². The van der Waals surface area contributed by atoms with Crippen molar-refractivity contribution in [2.24, 2.45) is 0 Å². The molecule has 2 aromatic carbocycles. The topological polar surface area (TPSA) is 49.9 Å². The van der Waals surface area contributed by atoms with Crippen LogP contribution >= 0.6 is 27.3 Å². The van der Waals surface area contributed by atoms with Crippen LogP contribution in [0, 0.1) is 5.82 Å². The van der Waals surface area contributed by atoms with Gasteiger partial charge in [0, 0.05) is 35.1 Å². The number of thiophene rings is 1. The van der Waals surface area contributed by atoms with E-state index in [0.717, 1.165) is 14.9 Å². The van der Waals surface area contributed by atoms with Crippen molar-refractivity contribution in [1.29, 1.82) is 0 Å². The highest BCUT2D eigenvalue weighted by atomic mass is 79.9. The van der Waals surface area contributed by atoms with E-state index in [-0.39, 0.29) is 24.2 Å². The standard InChI is InChI=1S/C24H24BrFN2O3S/c1-31-13-12-27(24(30)19-6-8-20(25)9-7-19)17-23(29)28(16-22-3-2-14-32-22)15-18-4-10-21(26)11-5-18/h2-11,14H,12-13,15-17H2,1H3. The van der Waals surface area contributed by atoms with E-state index >= 15 is 0 Å². The summed E-state index contributed by atoms with van der Waals surface area (Å²) in [6.45, 7) is 1.27. The van der Waals surface area contributed by atoms with Crippen LogP contribution in [0.25, 0.3) is 0 Å². The quantitative estimate of drug-likeness (QED) is 0.380. The van der Waals surface area contributed by atoms with Gasteiger partial charge in [-0.1, -0.05) is 34.1 Å².